The maximum atomic E-state index is 10.4. The Hall–Kier alpha value is -0.0400. The van der Waals surface area contributed by atoms with Crippen molar-refractivity contribution in [3.05, 3.63) is 11.9 Å². The van der Waals surface area contributed by atoms with Crippen molar-refractivity contribution in [1.29, 1.82) is 0 Å². The third-order valence-electron chi connectivity index (χ3n) is 0.0476. The van der Waals surface area contributed by atoms with E-state index in [-0.39, 0.29) is 6.33 Å². The molecule has 0 amide bonds. The Morgan fingerprint density at radius 1 is 1.75 bits per heavy atom. The Balaban J connectivity index is 2.55. The van der Waals surface area contributed by atoms with Gasteiger partial charge in [-0.1, -0.05) is 11.6 Å². The smallest absolute Gasteiger partial charge is 0.0979 e. The fraction of sp³-hybridized carbons (Fsp3) is 0. The molecule has 0 rings (SSSR count). The van der Waals surface area contributed by atoms with Crippen molar-refractivity contribution in [3.63, 3.8) is 0 Å². The molecule has 0 aliphatic heterocycles. The van der Waals surface area contributed by atoms with Crippen LogP contribution in [0, 0.1) is 0 Å². The van der Waals surface area contributed by atoms with Gasteiger partial charge in [-0.15, -0.1) is 0 Å². The van der Waals surface area contributed by atoms with Crippen LogP contribution in [0.1, 0.15) is 0 Å². The lowest BCUT2D eigenvalue weighted by atomic mass is 11.5. The zero-order chi connectivity index (χ0) is 3.41. The van der Waals surface area contributed by atoms with E-state index >= 15 is 0 Å². The Labute approximate surface area is 28.9 Å². The third-order valence-corrected chi connectivity index (χ3v) is 0.143. The minimum atomic E-state index is 0.265. The summed E-state index contributed by atoms with van der Waals surface area (Å²) < 4.78 is 10.4. The van der Waals surface area contributed by atoms with Crippen LogP contribution in [0.2, 0.25) is 0 Å². The summed E-state index contributed by atoms with van der Waals surface area (Å²) in [5.41, 5.74) is 0.806. The molecule has 24 valence electrons. The van der Waals surface area contributed by atoms with Crippen molar-refractivity contribution < 1.29 is 4.39 Å². The van der Waals surface area contributed by atoms with E-state index in [0.717, 1.165) is 5.54 Å². The standard InChI is InChI=1S/C2H2ClF/c3-1-2-4/h1-2H/b2-1+/i1+1,3+0. The lowest BCUT2D eigenvalue weighted by molar-refractivity contribution is 0.723. The molecule has 0 aromatic heterocycles. The summed E-state index contributed by atoms with van der Waals surface area (Å²) in [6.45, 7) is 0. The molecule has 0 nitrogen and oxygen atoms in total. The molecule has 0 aromatic carbocycles. The molecule has 0 aliphatic carbocycles. The number of hydrogen-bond donors (Lipinski definition) is 0. The van der Waals surface area contributed by atoms with Gasteiger partial charge in [0.25, 0.3) is 0 Å². The first-order valence-corrected chi connectivity index (χ1v) is 1.21. The molecule has 0 atom stereocenters. The maximum absolute atomic E-state index is 10.4. The van der Waals surface area contributed by atoms with Crippen LogP contribution in [0.4, 0.5) is 4.39 Å². The summed E-state index contributed by atoms with van der Waals surface area (Å²) in [6.07, 6.45) is 0.265. The van der Waals surface area contributed by atoms with Gasteiger partial charge in [0.2, 0.25) is 0 Å². The minimum absolute atomic E-state index is 0.265. The molecule has 0 bridgehead atoms. The molecule has 0 radical (unpaired) electrons. The van der Waals surface area contributed by atoms with Gasteiger partial charge < -0.3 is 0 Å². The topological polar surface area (TPSA) is 0 Å². The highest BCUT2D eigenvalue weighted by atomic mass is 35.0. The van der Waals surface area contributed by atoms with Crippen LogP contribution in [-0.2, 0) is 0 Å². The van der Waals surface area contributed by atoms with Gasteiger partial charge in [0.05, 0.1) is 6.33 Å². The van der Waals surface area contributed by atoms with Gasteiger partial charge >= 0.3 is 0 Å². The van der Waals surface area contributed by atoms with Gasteiger partial charge in [0.1, 0.15) is 0 Å². The van der Waals surface area contributed by atoms with Crippen molar-refractivity contribution in [1.82, 2.24) is 0 Å². The van der Waals surface area contributed by atoms with Crippen molar-refractivity contribution in [2.45, 2.75) is 0 Å². The Morgan fingerprint density at radius 3 is 2.00 bits per heavy atom. The van der Waals surface area contributed by atoms with Crippen LogP contribution in [0.25, 0.3) is 0 Å². The van der Waals surface area contributed by atoms with Crippen molar-refractivity contribution in [2.24, 2.45) is 0 Å². The Kier molecular flexibility index (Phi) is 2.93. The number of hydrogen-bond acceptors (Lipinski definition) is 0. The van der Waals surface area contributed by atoms with E-state index in [1.807, 2.05) is 0 Å². The van der Waals surface area contributed by atoms with Crippen LogP contribution >= 0.6 is 11.6 Å². The van der Waals surface area contributed by atoms with Crippen LogP contribution < -0.4 is 0 Å². The minimum Gasteiger partial charge on any atom is -0.215 e. The molecular formula is C2H2ClF. The highest BCUT2D eigenvalue weighted by molar-refractivity contribution is 6.25. The van der Waals surface area contributed by atoms with Gasteiger partial charge in [0.15, 0.2) is 0 Å². The molecule has 2 heteroatoms. The van der Waals surface area contributed by atoms with Gasteiger partial charge in [-0.25, -0.2) is 4.39 Å². The monoisotopic (exact) mass is 81.0 g/mol. The van der Waals surface area contributed by atoms with Crippen molar-refractivity contribution in [3.8, 4) is 0 Å². The first-order valence-electron chi connectivity index (χ1n) is 0.770. The molecule has 0 N–H and O–H groups in total. The lowest BCUT2D eigenvalue weighted by Gasteiger charge is -1.43. The van der Waals surface area contributed by atoms with E-state index in [1.54, 1.807) is 0 Å². The lowest BCUT2D eigenvalue weighted by Crippen LogP contribution is -1.14. The second-order valence-corrected chi connectivity index (χ2v) is 0.504. The maximum Gasteiger partial charge on any atom is 0.0979 e. The molecule has 0 unspecified atom stereocenters. The predicted octanol–water partition coefficient (Wildman–Crippen LogP) is 1.67. The van der Waals surface area contributed by atoms with Crippen LogP contribution in [-0.4, -0.2) is 0 Å². The van der Waals surface area contributed by atoms with E-state index in [4.69, 9.17) is 0 Å². The summed E-state index contributed by atoms with van der Waals surface area (Å²) in [5.74, 6) is 0. The van der Waals surface area contributed by atoms with E-state index in [2.05, 4.69) is 11.6 Å². The van der Waals surface area contributed by atoms with Crippen LogP contribution in [0.5, 0.6) is 0 Å². The molecule has 0 fully saturated rings. The molecule has 0 saturated carbocycles. The molecular weight excluding hydrogens is 79.0 g/mol. The van der Waals surface area contributed by atoms with Crippen LogP contribution in [0.3, 0.4) is 0 Å². The van der Waals surface area contributed by atoms with E-state index < -0.39 is 0 Å². The summed E-state index contributed by atoms with van der Waals surface area (Å²) >= 11 is 4.63. The highest BCUT2D eigenvalue weighted by Crippen LogP contribution is 1.73. The van der Waals surface area contributed by atoms with E-state index in [9.17, 15) is 4.39 Å². The summed E-state index contributed by atoms with van der Waals surface area (Å²) in [5, 5.41) is 0. The fourth-order valence-corrected chi connectivity index (χ4v) is 0. The van der Waals surface area contributed by atoms with E-state index in [0.29, 0.717) is 0 Å². The third kappa shape index (κ3) is 1.96. The molecule has 4 heavy (non-hydrogen) atoms. The molecule has 0 aromatic rings. The summed E-state index contributed by atoms with van der Waals surface area (Å²) in [6, 6.07) is 0. The molecule has 0 aliphatic rings. The van der Waals surface area contributed by atoms with Gasteiger partial charge in [-0.3, -0.25) is 0 Å². The van der Waals surface area contributed by atoms with Gasteiger partial charge in [0, 0.05) is 5.54 Å². The molecule has 0 heterocycles. The van der Waals surface area contributed by atoms with Crippen molar-refractivity contribution >= 4 is 11.6 Å². The number of halogens is 2. The highest BCUT2D eigenvalue weighted by Gasteiger charge is 1.41. The van der Waals surface area contributed by atoms with Gasteiger partial charge in [-0.2, -0.15) is 0 Å². The predicted molar refractivity (Wildman–Crippen MR) is 16.1 cm³/mol. The average molecular weight is 81.0 g/mol. The van der Waals surface area contributed by atoms with Crippen LogP contribution in [0.15, 0.2) is 11.9 Å². The summed E-state index contributed by atoms with van der Waals surface area (Å²) in [4.78, 5) is 0. The Bertz CT molecular complexity index is 21.2. The molecule has 0 saturated heterocycles. The summed E-state index contributed by atoms with van der Waals surface area (Å²) in [7, 11) is 0. The number of rotatable bonds is 0. The Morgan fingerprint density at radius 2 is 2.00 bits per heavy atom. The largest absolute Gasteiger partial charge is 0.215 e. The SMILES string of the molecule is F/C=[13CH]/[35Cl]. The second-order valence-electron chi connectivity index (χ2n) is 0.252. The van der Waals surface area contributed by atoms with E-state index in [1.165, 1.54) is 0 Å². The second kappa shape index (κ2) is 2.96. The fourth-order valence-electron chi connectivity index (χ4n) is 0. The first-order chi connectivity index (χ1) is 1.91. The van der Waals surface area contributed by atoms with Crippen molar-refractivity contribution in [2.75, 3.05) is 0 Å². The first kappa shape index (κ1) is 3.96. The molecule has 0 spiro atoms. The zero-order valence-corrected chi connectivity index (χ0v) is 2.67. The normalized spacial score (nSPS) is 9.50. The van der Waals surface area contributed by atoms with Gasteiger partial charge in [-0.05, 0) is 0 Å². The zero-order valence-electron chi connectivity index (χ0n) is 1.91. The quantitative estimate of drug-likeness (QED) is 0.389. The average Bonchev–Trinajstić information content (AvgIpc) is 1.37.